The molecule has 4 atom stereocenters. The van der Waals surface area contributed by atoms with Crippen LogP contribution in [-0.2, 0) is 0 Å². The minimum atomic E-state index is 0.394. The van der Waals surface area contributed by atoms with E-state index in [4.69, 9.17) is 0 Å². The minimum absolute atomic E-state index is 0.394. The average molecular weight is 315 g/mol. The third-order valence-corrected chi connectivity index (χ3v) is 6.55. The molecule has 3 rings (SSSR count). The highest BCUT2D eigenvalue weighted by Gasteiger charge is 2.35. The zero-order valence-corrected chi connectivity index (χ0v) is 14.8. The maximum atomic E-state index is 9.48. The van der Waals surface area contributed by atoms with Crippen molar-refractivity contribution in [3.05, 3.63) is 29.8 Å². The standard InChI is InChI=1S/C22H34O/c1-2-3-4-5-6-17-7-8-21-16-20(10-9-19(21)15-17)18-11-13-22(23)14-12-18/h11-14,17,19-21,23H,2-10,15-16H2,1H3. The van der Waals surface area contributed by atoms with Crippen molar-refractivity contribution in [2.75, 3.05) is 0 Å². The van der Waals surface area contributed by atoms with E-state index in [9.17, 15) is 5.11 Å². The van der Waals surface area contributed by atoms with Crippen LogP contribution in [0.5, 0.6) is 5.75 Å². The summed E-state index contributed by atoms with van der Waals surface area (Å²) in [5.74, 6) is 4.13. The van der Waals surface area contributed by atoms with E-state index in [1.807, 2.05) is 12.1 Å². The Balaban J connectivity index is 1.47. The van der Waals surface area contributed by atoms with Crippen LogP contribution in [0.25, 0.3) is 0 Å². The van der Waals surface area contributed by atoms with Crippen molar-refractivity contribution in [3.8, 4) is 5.75 Å². The molecule has 0 heterocycles. The van der Waals surface area contributed by atoms with Gasteiger partial charge >= 0.3 is 0 Å². The van der Waals surface area contributed by atoms with Crippen molar-refractivity contribution < 1.29 is 5.11 Å². The average Bonchev–Trinajstić information content (AvgIpc) is 2.59. The summed E-state index contributed by atoms with van der Waals surface area (Å²) < 4.78 is 0. The zero-order chi connectivity index (χ0) is 16.1. The van der Waals surface area contributed by atoms with E-state index in [2.05, 4.69) is 19.1 Å². The van der Waals surface area contributed by atoms with Gasteiger partial charge in [0.25, 0.3) is 0 Å². The molecule has 0 aromatic heterocycles. The van der Waals surface area contributed by atoms with E-state index in [0.29, 0.717) is 5.75 Å². The molecule has 0 aliphatic heterocycles. The third kappa shape index (κ3) is 4.52. The molecule has 0 amide bonds. The van der Waals surface area contributed by atoms with Gasteiger partial charge in [0.15, 0.2) is 0 Å². The summed E-state index contributed by atoms with van der Waals surface area (Å²) in [4.78, 5) is 0. The van der Waals surface area contributed by atoms with Gasteiger partial charge in [0, 0.05) is 0 Å². The Morgan fingerprint density at radius 3 is 2.39 bits per heavy atom. The number of fused-ring (bicyclic) bond motifs is 1. The van der Waals surface area contributed by atoms with Crippen LogP contribution in [0.4, 0.5) is 0 Å². The molecule has 1 nitrogen and oxygen atoms in total. The minimum Gasteiger partial charge on any atom is -0.508 e. The normalized spacial score (nSPS) is 30.8. The van der Waals surface area contributed by atoms with Crippen LogP contribution in [0.1, 0.15) is 89.0 Å². The highest BCUT2D eigenvalue weighted by Crippen LogP contribution is 2.48. The molecule has 128 valence electrons. The van der Waals surface area contributed by atoms with Gasteiger partial charge < -0.3 is 5.11 Å². The molecule has 2 aliphatic carbocycles. The van der Waals surface area contributed by atoms with Crippen molar-refractivity contribution in [1.82, 2.24) is 0 Å². The topological polar surface area (TPSA) is 20.2 Å². The first-order valence-corrected chi connectivity index (χ1v) is 10.0. The van der Waals surface area contributed by atoms with E-state index in [0.717, 1.165) is 23.7 Å². The summed E-state index contributed by atoms with van der Waals surface area (Å²) in [6.07, 6.45) is 15.8. The molecule has 2 aliphatic rings. The quantitative estimate of drug-likeness (QED) is 0.582. The van der Waals surface area contributed by atoms with Crippen LogP contribution in [0.3, 0.4) is 0 Å². The SMILES string of the molecule is CCCCCCC1CCC2CC(c3ccc(O)cc3)CCC2C1. The molecule has 2 fully saturated rings. The molecule has 2 saturated carbocycles. The Morgan fingerprint density at radius 2 is 1.61 bits per heavy atom. The number of aromatic hydroxyl groups is 1. The lowest BCUT2D eigenvalue weighted by molar-refractivity contribution is 0.113. The summed E-state index contributed by atoms with van der Waals surface area (Å²) in [5.41, 5.74) is 1.45. The van der Waals surface area contributed by atoms with Crippen LogP contribution in [-0.4, -0.2) is 5.11 Å². The number of unbranched alkanes of at least 4 members (excludes halogenated alkanes) is 3. The monoisotopic (exact) mass is 314 g/mol. The molecule has 0 spiro atoms. The molecule has 1 N–H and O–H groups in total. The van der Waals surface area contributed by atoms with Crippen LogP contribution in [0.15, 0.2) is 24.3 Å². The number of hydrogen-bond donors (Lipinski definition) is 1. The fourth-order valence-electron chi connectivity index (χ4n) is 5.16. The zero-order valence-electron chi connectivity index (χ0n) is 14.8. The maximum Gasteiger partial charge on any atom is 0.115 e. The van der Waals surface area contributed by atoms with Crippen molar-refractivity contribution >= 4 is 0 Å². The maximum absolute atomic E-state index is 9.48. The fraction of sp³-hybridized carbons (Fsp3) is 0.727. The van der Waals surface area contributed by atoms with Crippen molar-refractivity contribution in [3.63, 3.8) is 0 Å². The first-order chi connectivity index (χ1) is 11.3. The van der Waals surface area contributed by atoms with Gasteiger partial charge in [0.05, 0.1) is 0 Å². The van der Waals surface area contributed by atoms with Gasteiger partial charge in [-0.3, -0.25) is 0 Å². The van der Waals surface area contributed by atoms with Crippen LogP contribution < -0.4 is 0 Å². The molecule has 23 heavy (non-hydrogen) atoms. The number of benzene rings is 1. The van der Waals surface area contributed by atoms with Gasteiger partial charge in [-0.15, -0.1) is 0 Å². The van der Waals surface area contributed by atoms with E-state index in [-0.39, 0.29) is 0 Å². The third-order valence-electron chi connectivity index (χ3n) is 6.55. The van der Waals surface area contributed by atoms with Gasteiger partial charge in [-0.05, 0) is 73.5 Å². The Kier molecular flexibility index (Phi) is 6.02. The highest BCUT2D eigenvalue weighted by atomic mass is 16.3. The summed E-state index contributed by atoms with van der Waals surface area (Å²) in [5, 5.41) is 9.48. The number of phenols is 1. The molecule has 4 unspecified atom stereocenters. The number of hydrogen-bond acceptors (Lipinski definition) is 1. The van der Waals surface area contributed by atoms with Crippen LogP contribution >= 0.6 is 0 Å². The predicted octanol–water partition coefficient (Wildman–Crippen LogP) is 6.66. The molecule has 1 aromatic carbocycles. The smallest absolute Gasteiger partial charge is 0.115 e. The number of phenolic OH excluding ortho intramolecular Hbond substituents is 1. The Bertz CT molecular complexity index is 463. The second kappa shape index (κ2) is 8.22. The van der Waals surface area contributed by atoms with Gasteiger partial charge in [-0.25, -0.2) is 0 Å². The summed E-state index contributed by atoms with van der Waals surface area (Å²) in [6.45, 7) is 2.30. The molecular formula is C22H34O. The molecular weight excluding hydrogens is 280 g/mol. The Labute approximate surface area is 142 Å². The Morgan fingerprint density at radius 1 is 0.870 bits per heavy atom. The predicted molar refractivity (Wildman–Crippen MR) is 97.8 cm³/mol. The summed E-state index contributed by atoms with van der Waals surface area (Å²) in [7, 11) is 0. The molecule has 1 aromatic rings. The molecule has 0 bridgehead atoms. The second-order valence-electron chi connectivity index (χ2n) is 8.15. The largest absolute Gasteiger partial charge is 0.508 e. The van der Waals surface area contributed by atoms with E-state index >= 15 is 0 Å². The number of rotatable bonds is 6. The molecule has 0 radical (unpaired) electrons. The van der Waals surface area contributed by atoms with Gasteiger partial charge in [0.2, 0.25) is 0 Å². The van der Waals surface area contributed by atoms with Crippen molar-refractivity contribution in [2.24, 2.45) is 17.8 Å². The van der Waals surface area contributed by atoms with Crippen molar-refractivity contribution in [1.29, 1.82) is 0 Å². The highest BCUT2D eigenvalue weighted by molar-refractivity contribution is 5.28. The lowest BCUT2D eigenvalue weighted by atomic mass is 9.63. The van der Waals surface area contributed by atoms with Gasteiger partial charge in [0.1, 0.15) is 5.75 Å². The van der Waals surface area contributed by atoms with Gasteiger partial charge in [-0.1, -0.05) is 57.6 Å². The van der Waals surface area contributed by atoms with Crippen LogP contribution in [0.2, 0.25) is 0 Å². The van der Waals surface area contributed by atoms with E-state index in [1.54, 1.807) is 0 Å². The summed E-state index contributed by atoms with van der Waals surface area (Å²) >= 11 is 0. The Hall–Kier alpha value is -0.980. The lowest BCUT2D eigenvalue weighted by Gasteiger charge is -2.42. The summed E-state index contributed by atoms with van der Waals surface area (Å²) in [6, 6.07) is 7.99. The van der Waals surface area contributed by atoms with Crippen LogP contribution in [0, 0.1) is 17.8 Å². The first-order valence-electron chi connectivity index (χ1n) is 10.0. The second-order valence-corrected chi connectivity index (χ2v) is 8.15. The van der Waals surface area contributed by atoms with Gasteiger partial charge in [-0.2, -0.15) is 0 Å². The fourth-order valence-corrected chi connectivity index (χ4v) is 5.16. The molecule has 1 heteroatoms. The molecule has 0 saturated heterocycles. The lowest BCUT2D eigenvalue weighted by Crippen LogP contribution is -2.30. The van der Waals surface area contributed by atoms with E-state index in [1.165, 1.54) is 76.2 Å². The first kappa shape index (κ1) is 16.9. The van der Waals surface area contributed by atoms with Crippen molar-refractivity contribution in [2.45, 2.75) is 83.5 Å². The van der Waals surface area contributed by atoms with E-state index < -0.39 is 0 Å².